The molecule has 0 saturated heterocycles. The van der Waals surface area contributed by atoms with Gasteiger partial charge in [-0.2, -0.15) is 0 Å². The van der Waals surface area contributed by atoms with Crippen LogP contribution in [0.15, 0.2) is 77.7 Å². The molecule has 1 amide bonds. The second-order valence-corrected chi connectivity index (χ2v) is 10.1. The molecule has 1 N–H and O–H groups in total. The molecule has 0 bridgehead atoms. The fourth-order valence-corrected chi connectivity index (χ4v) is 4.05. The van der Waals surface area contributed by atoms with E-state index in [0.29, 0.717) is 16.8 Å². The number of ether oxygens (including phenoxy) is 1. The topological polar surface area (TPSA) is 55.4 Å². The third-order valence-electron chi connectivity index (χ3n) is 5.15. The number of carbonyl (C=O) groups is 2. The van der Waals surface area contributed by atoms with E-state index in [2.05, 4.69) is 26.1 Å². The molecule has 0 aromatic heterocycles. The molecular formula is C27H29NO3S. The van der Waals surface area contributed by atoms with Crippen LogP contribution >= 0.6 is 11.8 Å². The van der Waals surface area contributed by atoms with Gasteiger partial charge in [-0.25, -0.2) is 0 Å². The quantitative estimate of drug-likeness (QED) is 0.339. The maximum Gasteiger partial charge on any atom is 0.237 e. The fraction of sp³-hybridized carbons (Fsp3) is 0.259. The number of rotatable bonds is 7. The zero-order valence-corrected chi connectivity index (χ0v) is 20.0. The van der Waals surface area contributed by atoms with Gasteiger partial charge in [-0.1, -0.05) is 57.2 Å². The molecule has 0 fully saturated rings. The summed E-state index contributed by atoms with van der Waals surface area (Å²) >= 11 is 1.47. The van der Waals surface area contributed by atoms with Crippen molar-refractivity contribution in [1.82, 2.24) is 0 Å². The van der Waals surface area contributed by atoms with Gasteiger partial charge in [0.1, 0.15) is 5.75 Å². The number of hydrogen-bond acceptors (Lipinski definition) is 4. The highest BCUT2D eigenvalue weighted by atomic mass is 32.2. The van der Waals surface area contributed by atoms with Crippen molar-refractivity contribution in [3.63, 3.8) is 0 Å². The van der Waals surface area contributed by atoms with Crippen molar-refractivity contribution in [2.75, 3.05) is 12.4 Å². The molecule has 0 aliphatic carbocycles. The van der Waals surface area contributed by atoms with Crippen molar-refractivity contribution in [2.24, 2.45) is 0 Å². The zero-order valence-electron chi connectivity index (χ0n) is 19.1. The normalized spacial score (nSPS) is 12.2. The summed E-state index contributed by atoms with van der Waals surface area (Å²) in [6.45, 7) is 8.29. The lowest BCUT2D eigenvalue weighted by molar-refractivity contribution is -0.115. The third-order valence-corrected chi connectivity index (χ3v) is 6.26. The van der Waals surface area contributed by atoms with Crippen LogP contribution in [0.3, 0.4) is 0 Å². The Morgan fingerprint density at radius 1 is 0.906 bits per heavy atom. The summed E-state index contributed by atoms with van der Waals surface area (Å²) in [6, 6.07) is 22.4. The van der Waals surface area contributed by atoms with Crippen LogP contribution in [0.25, 0.3) is 0 Å². The predicted octanol–water partition coefficient (Wildman–Crippen LogP) is 6.34. The highest BCUT2D eigenvalue weighted by Crippen LogP contribution is 2.27. The molecule has 0 aliphatic rings. The molecule has 5 heteroatoms. The molecule has 166 valence electrons. The predicted molar refractivity (Wildman–Crippen MR) is 132 cm³/mol. The first-order valence-corrected chi connectivity index (χ1v) is 11.4. The lowest BCUT2D eigenvalue weighted by Gasteiger charge is -2.19. The van der Waals surface area contributed by atoms with Gasteiger partial charge in [0, 0.05) is 21.7 Å². The van der Waals surface area contributed by atoms with Gasteiger partial charge in [-0.3, -0.25) is 9.59 Å². The van der Waals surface area contributed by atoms with E-state index in [1.807, 2.05) is 55.5 Å². The number of amides is 1. The van der Waals surface area contributed by atoms with E-state index >= 15 is 0 Å². The molecule has 1 atom stereocenters. The molecule has 0 heterocycles. The van der Waals surface area contributed by atoms with E-state index in [1.54, 1.807) is 31.4 Å². The number of thioether (sulfide) groups is 1. The second kappa shape index (κ2) is 10.0. The average molecular weight is 448 g/mol. The van der Waals surface area contributed by atoms with E-state index in [1.165, 1.54) is 17.3 Å². The van der Waals surface area contributed by atoms with Gasteiger partial charge in [0.05, 0.1) is 12.4 Å². The van der Waals surface area contributed by atoms with Crippen LogP contribution in [0.5, 0.6) is 5.75 Å². The zero-order chi connectivity index (χ0) is 23.3. The number of benzene rings is 3. The molecule has 0 radical (unpaired) electrons. The number of methoxy groups -OCH3 is 1. The Hall–Kier alpha value is -3.05. The van der Waals surface area contributed by atoms with Gasteiger partial charge >= 0.3 is 0 Å². The van der Waals surface area contributed by atoms with Gasteiger partial charge < -0.3 is 10.1 Å². The SMILES string of the molecule is COc1ccc(S[C@@H](C)C(=O)Nc2cccc(C(=O)c3ccc(C(C)(C)C)cc3)c2)cc1. The second-order valence-electron chi connectivity index (χ2n) is 8.66. The third kappa shape index (κ3) is 6.01. The van der Waals surface area contributed by atoms with Crippen molar-refractivity contribution in [1.29, 1.82) is 0 Å². The lowest BCUT2D eigenvalue weighted by atomic mass is 9.86. The number of carbonyl (C=O) groups excluding carboxylic acids is 2. The molecule has 32 heavy (non-hydrogen) atoms. The summed E-state index contributed by atoms with van der Waals surface area (Å²) in [4.78, 5) is 26.6. The van der Waals surface area contributed by atoms with Crippen molar-refractivity contribution in [2.45, 2.75) is 43.3 Å². The highest BCUT2D eigenvalue weighted by Gasteiger charge is 2.17. The van der Waals surface area contributed by atoms with Crippen LogP contribution in [0.4, 0.5) is 5.69 Å². The van der Waals surface area contributed by atoms with E-state index in [4.69, 9.17) is 4.74 Å². The first-order chi connectivity index (χ1) is 15.2. The number of anilines is 1. The summed E-state index contributed by atoms with van der Waals surface area (Å²) in [6.07, 6.45) is 0. The largest absolute Gasteiger partial charge is 0.497 e. The Morgan fingerprint density at radius 2 is 1.56 bits per heavy atom. The summed E-state index contributed by atoms with van der Waals surface area (Å²) in [5.74, 6) is 0.591. The Balaban J connectivity index is 1.67. The van der Waals surface area contributed by atoms with Crippen LogP contribution < -0.4 is 10.1 Å². The molecule has 0 unspecified atom stereocenters. The van der Waals surface area contributed by atoms with E-state index in [0.717, 1.165) is 10.6 Å². The van der Waals surface area contributed by atoms with Gasteiger partial charge in [0.2, 0.25) is 5.91 Å². The van der Waals surface area contributed by atoms with Crippen molar-refractivity contribution in [3.8, 4) is 5.75 Å². The Bertz CT molecular complexity index is 1080. The van der Waals surface area contributed by atoms with Gasteiger partial charge in [0.15, 0.2) is 5.78 Å². The maximum atomic E-state index is 12.9. The molecule has 0 saturated carbocycles. The highest BCUT2D eigenvalue weighted by molar-refractivity contribution is 8.00. The van der Waals surface area contributed by atoms with Gasteiger partial charge in [-0.05, 0) is 54.3 Å². The molecule has 0 spiro atoms. The van der Waals surface area contributed by atoms with Crippen LogP contribution in [-0.4, -0.2) is 24.1 Å². The smallest absolute Gasteiger partial charge is 0.237 e. The van der Waals surface area contributed by atoms with Crippen LogP contribution in [0.1, 0.15) is 49.2 Å². The molecular weight excluding hydrogens is 418 g/mol. The van der Waals surface area contributed by atoms with Gasteiger partial charge in [-0.15, -0.1) is 11.8 Å². The molecule has 3 rings (SSSR count). The van der Waals surface area contributed by atoms with Gasteiger partial charge in [0.25, 0.3) is 0 Å². The summed E-state index contributed by atoms with van der Waals surface area (Å²) < 4.78 is 5.17. The minimum Gasteiger partial charge on any atom is -0.497 e. The van der Waals surface area contributed by atoms with E-state index in [-0.39, 0.29) is 22.4 Å². The van der Waals surface area contributed by atoms with Crippen LogP contribution in [0.2, 0.25) is 0 Å². The number of hydrogen-bond donors (Lipinski definition) is 1. The van der Waals surface area contributed by atoms with Crippen LogP contribution in [-0.2, 0) is 10.2 Å². The monoisotopic (exact) mass is 447 g/mol. The molecule has 3 aromatic rings. The number of ketones is 1. The maximum absolute atomic E-state index is 12.9. The Kier molecular flexibility index (Phi) is 7.41. The first-order valence-electron chi connectivity index (χ1n) is 10.5. The first kappa shape index (κ1) is 23.6. The average Bonchev–Trinajstić information content (AvgIpc) is 2.78. The Labute approximate surface area is 194 Å². The standard InChI is InChI=1S/C27H29NO3S/c1-18(32-24-15-13-23(31-5)14-16-24)26(30)28-22-8-6-7-20(17-22)25(29)19-9-11-21(12-10-19)27(2,3)4/h6-18H,1-5H3,(H,28,30)/t18-/m0/s1. The summed E-state index contributed by atoms with van der Waals surface area (Å²) in [5.41, 5.74) is 2.99. The molecule has 0 aliphatic heterocycles. The lowest BCUT2D eigenvalue weighted by Crippen LogP contribution is -2.22. The fourth-order valence-electron chi connectivity index (χ4n) is 3.18. The minimum atomic E-state index is -0.298. The number of nitrogens with one attached hydrogen (secondary N) is 1. The summed E-state index contributed by atoms with van der Waals surface area (Å²) in [5, 5.41) is 2.63. The van der Waals surface area contributed by atoms with Crippen molar-refractivity contribution >= 4 is 29.1 Å². The van der Waals surface area contributed by atoms with E-state index in [9.17, 15) is 9.59 Å². The van der Waals surface area contributed by atoms with Crippen molar-refractivity contribution < 1.29 is 14.3 Å². The Morgan fingerprint density at radius 3 is 2.16 bits per heavy atom. The molecule has 3 aromatic carbocycles. The van der Waals surface area contributed by atoms with Crippen LogP contribution in [0, 0.1) is 0 Å². The minimum absolute atomic E-state index is 0.0340. The summed E-state index contributed by atoms with van der Waals surface area (Å²) in [7, 11) is 1.62. The molecule has 4 nitrogen and oxygen atoms in total. The van der Waals surface area contributed by atoms with E-state index < -0.39 is 0 Å². The van der Waals surface area contributed by atoms with Crippen molar-refractivity contribution in [3.05, 3.63) is 89.5 Å².